The van der Waals surface area contributed by atoms with Crippen LogP contribution >= 0.6 is 0 Å². The van der Waals surface area contributed by atoms with Crippen LogP contribution in [-0.4, -0.2) is 40.8 Å². The molecule has 2 N–H and O–H groups in total. The molecule has 5 nitrogen and oxygen atoms in total. The Morgan fingerprint density at radius 2 is 2.33 bits per heavy atom. The van der Waals surface area contributed by atoms with Crippen LogP contribution in [0.4, 0.5) is 11.8 Å². The number of hydrogen-bond donors (Lipinski definition) is 2. The molecule has 2 aliphatic rings. The maximum absolute atomic E-state index is 9.93. The molecule has 1 aliphatic carbocycles. The van der Waals surface area contributed by atoms with Gasteiger partial charge in [0.1, 0.15) is 5.82 Å². The maximum Gasteiger partial charge on any atom is 0.224 e. The highest BCUT2D eigenvalue weighted by Gasteiger charge is 2.42. The molecule has 3 atom stereocenters. The van der Waals surface area contributed by atoms with Gasteiger partial charge in [0, 0.05) is 31.7 Å². The highest BCUT2D eigenvalue weighted by molar-refractivity contribution is 5.44. The standard InChI is InChI=1S/C13H20N4O/c1-2-14-13-15-6-5-12(16-13)17-7-9-3-4-11(18)10(9)8-17/h5-6,9-11,18H,2-4,7-8H2,1H3,(H,14,15,16). The summed E-state index contributed by atoms with van der Waals surface area (Å²) in [5.74, 6) is 2.73. The molecule has 0 amide bonds. The van der Waals surface area contributed by atoms with Gasteiger partial charge in [0.15, 0.2) is 0 Å². The van der Waals surface area contributed by atoms with Gasteiger partial charge in [-0.2, -0.15) is 4.98 Å². The van der Waals surface area contributed by atoms with E-state index in [0.29, 0.717) is 17.8 Å². The smallest absolute Gasteiger partial charge is 0.224 e. The summed E-state index contributed by atoms with van der Waals surface area (Å²) in [6.07, 6.45) is 3.79. The Labute approximate surface area is 107 Å². The number of anilines is 2. The van der Waals surface area contributed by atoms with Crippen molar-refractivity contribution < 1.29 is 5.11 Å². The van der Waals surface area contributed by atoms with Crippen LogP contribution in [0.1, 0.15) is 19.8 Å². The molecule has 2 fully saturated rings. The Kier molecular flexibility index (Phi) is 3.07. The zero-order valence-electron chi connectivity index (χ0n) is 10.7. The van der Waals surface area contributed by atoms with E-state index in [9.17, 15) is 5.11 Å². The highest BCUT2D eigenvalue weighted by Crippen LogP contribution is 2.39. The summed E-state index contributed by atoms with van der Waals surface area (Å²) in [5.41, 5.74) is 0. The first-order chi connectivity index (χ1) is 8.78. The third-order valence-corrected chi connectivity index (χ3v) is 4.12. The third kappa shape index (κ3) is 2.03. The molecule has 1 saturated heterocycles. The van der Waals surface area contributed by atoms with E-state index in [4.69, 9.17) is 0 Å². The quantitative estimate of drug-likeness (QED) is 0.839. The van der Waals surface area contributed by atoms with E-state index in [1.807, 2.05) is 13.0 Å². The van der Waals surface area contributed by atoms with E-state index in [0.717, 1.165) is 38.3 Å². The average Bonchev–Trinajstić information content (AvgIpc) is 2.93. The van der Waals surface area contributed by atoms with Crippen molar-refractivity contribution in [3.63, 3.8) is 0 Å². The summed E-state index contributed by atoms with van der Waals surface area (Å²) in [7, 11) is 0. The topological polar surface area (TPSA) is 61.3 Å². The Morgan fingerprint density at radius 3 is 3.11 bits per heavy atom. The van der Waals surface area contributed by atoms with Gasteiger partial charge < -0.3 is 15.3 Å². The molecule has 1 aliphatic heterocycles. The first kappa shape index (κ1) is 11.7. The van der Waals surface area contributed by atoms with Crippen molar-refractivity contribution in [2.45, 2.75) is 25.9 Å². The molecule has 2 heterocycles. The second-order valence-electron chi connectivity index (χ2n) is 5.24. The molecule has 1 aromatic heterocycles. The lowest BCUT2D eigenvalue weighted by atomic mass is 10.00. The summed E-state index contributed by atoms with van der Waals surface area (Å²) >= 11 is 0. The third-order valence-electron chi connectivity index (χ3n) is 4.12. The minimum atomic E-state index is -0.116. The van der Waals surface area contributed by atoms with Gasteiger partial charge in [0.25, 0.3) is 0 Å². The van der Waals surface area contributed by atoms with Gasteiger partial charge in [-0.25, -0.2) is 4.98 Å². The van der Waals surface area contributed by atoms with Gasteiger partial charge in [-0.15, -0.1) is 0 Å². The first-order valence-electron chi connectivity index (χ1n) is 6.78. The van der Waals surface area contributed by atoms with Gasteiger partial charge in [0.2, 0.25) is 5.95 Å². The van der Waals surface area contributed by atoms with Crippen molar-refractivity contribution in [2.75, 3.05) is 29.9 Å². The molecule has 0 spiro atoms. The Bertz CT molecular complexity index is 425. The van der Waals surface area contributed by atoms with Crippen LogP contribution in [-0.2, 0) is 0 Å². The molecule has 0 radical (unpaired) electrons. The SMILES string of the molecule is CCNc1nccc(N2CC3CCC(O)C3C2)n1. The van der Waals surface area contributed by atoms with Crippen molar-refractivity contribution >= 4 is 11.8 Å². The van der Waals surface area contributed by atoms with Crippen LogP contribution in [0.5, 0.6) is 0 Å². The molecule has 1 aromatic rings. The molecule has 5 heteroatoms. The number of aromatic nitrogens is 2. The van der Waals surface area contributed by atoms with Gasteiger partial charge in [-0.1, -0.05) is 0 Å². The number of rotatable bonds is 3. The van der Waals surface area contributed by atoms with Gasteiger partial charge in [0.05, 0.1) is 6.10 Å². The second-order valence-corrected chi connectivity index (χ2v) is 5.24. The maximum atomic E-state index is 9.93. The van der Waals surface area contributed by atoms with Crippen LogP contribution in [0.3, 0.4) is 0 Å². The van der Waals surface area contributed by atoms with Crippen LogP contribution < -0.4 is 10.2 Å². The summed E-state index contributed by atoms with van der Waals surface area (Å²) in [6.45, 7) is 4.80. The molecule has 18 heavy (non-hydrogen) atoms. The largest absolute Gasteiger partial charge is 0.393 e. The van der Waals surface area contributed by atoms with Crippen molar-refractivity contribution in [1.82, 2.24) is 9.97 Å². The van der Waals surface area contributed by atoms with E-state index in [-0.39, 0.29) is 6.10 Å². The minimum absolute atomic E-state index is 0.116. The van der Waals surface area contributed by atoms with Crippen molar-refractivity contribution in [2.24, 2.45) is 11.8 Å². The number of aliphatic hydroxyl groups excluding tert-OH is 1. The predicted molar refractivity (Wildman–Crippen MR) is 70.6 cm³/mol. The Balaban J connectivity index is 1.74. The Hall–Kier alpha value is -1.36. The fourth-order valence-electron chi connectivity index (χ4n) is 3.19. The fraction of sp³-hybridized carbons (Fsp3) is 0.692. The van der Waals surface area contributed by atoms with Crippen LogP contribution in [0.25, 0.3) is 0 Å². The molecular weight excluding hydrogens is 228 g/mol. The lowest BCUT2D eigenvalue weighted by Crippen LogP contribution is -2.25. The van der Waals surface area contributed by atoms with Crippen LogP contribution in [0.15, 0.2) is 12.3 Å². The predicted octanol–water partition coefficient (Wildman–Crippen LogP) is 1.12. The molecular formula is C13H20N4O. The van der Waals surface area contributed by atoms with E-state index >= 15 is 0 Å². The number of aliphatic hydroxyl groups is 1. The van der Waals surface area contributed by atoms with Gasteiger partial charge >= 0.3 is 0 Å². The van der Waals surface area contributed by atoms with Crippen molar-refractivity contribution in [1.29, 1.82) is 0 Å². The van der Waals surface area contributed by atoms with E-state index < -0.39 is 0 Å². The monoisotopic (exact) mass is 248 g/mol. The van der Waals surface area contributed by atoms with E-state index in [1.54, 1.807) is 6.20 Å². The highest BCUT2D eigenvalue weighted by atomic mass is 16.3. The molecule has 0 aromatic carbocycles. The fourth-order valence-corrected chi connectivity index (χ4v) is 3.19. The lowest BCUT2D eigenvalue weighted by Gasteiger charge is -2.19. The number of hydrogen-bond acceptors (Lipinski definition) is 5. The van der Waals surface area contributed by atoms with Gasteiger partial charge in [-0.3, -0.25) is 0 Å². The zero-order chi connectivity index (χ0) is 12.5. The summed E-state index contributed by atoms with van der Waals surface area (Å²) in [4.78, 5) is 11.0. The summed E-state index contributed by atoms with van der Waals surface area (Å²) in [5, 5.41) is 13.1. The average molecular weight is 248 g/mol. The lowest BCUT2D eigenvalue weighted by molar-refractivity contribution is 0.133. The summed E-state index contributed by atoms with van der Waals surface area (Å²) in [6, 6.07) is 1.95. The Morgan fingerprint density at radius 1 is 1.44 bits per heavy atom. The molecule has 3 rings (SSSR count). The van der Waals surface area contributed by atoms with Gasteiger partial charge in [-0.05, 0) is 31.7 Å². The molecule has 0 bridgehead atoms. The van der Waals surface area contributed by atoms with Crippen molar-refractivity contribution in [3.8, 4) is 0 Å². The number of nitrogens with one attached hydrogen (secondary N) is 1. The minimum Gasteiger partial charge on any atom is -0.393 e. The zero-order valence-corrected chi connectivity index (χ0v) is 10.7. The first-order valence-corrected chi connectivity index (χ1v) is 6.78. The molecule has 1 saturated carbocycles. The van der Waals surface area contributed by atoms with Crippen LogP contribution in [0, 0.1) is 11.8 Å². The summed E-state index contributed by atoms with van der Waals surface area (Å²) < 4.78 is 0. The number of nitrogens with zero attached hydrogens (tertiary/aromatic N) is 3. The number of fused-ring (bicyclic) bond motifs is 1. The molecule has 3 unspecified atom stereocenters. The van der Waals surface area contributed by atoms with E-state index in [1.165, 1.54) is 0 Å². The second kappa shape index (κ2) is 4.72. The van der Waals surface area contributed by atoms with Crippen molar-refractivity contribution in [3.05, 3.63) is 12.3 Å². The normalized spacial score (nSPS) is 30.6. The molecule has 98 valence electrons. The van der Waals surface area contributed by atoms with Crippen LogP contribution in [0.2, 0.25) is 0 Å². The van der Waals surface area contributed by atoms with E-state index in [2.05, 4.69) is 20.2 Å².